The number of nitrogens with two attached hydrogens (primary N) is 1. The monoisotopic (exact) mass is 276 g/mol. The number of benzene rings is 1. The van der Waals surface area contributed by atoms with Gasteiger partial charge in [0.2, 0.25) is 10.0 Å². The highest BCUT2D eigenvalue weighted by atomic mass is 32.2. The van der Waals surface area contributed by atoms with Gasteiger partial charge in [-0.2, -0.15) is 0 Å². The van der Waals surface area contributed by atoms with Gasteiger partial charge in [0.05, 0.1) is 4.90 Å². The lowest BCUT2D eigenvalue weighted by atomic mass is 10.3. The molecule has 7 heteroatoms. The molecule has 0 radical (unpaired) electrons. The maximum absolute atomic E-state index is 11.1. The second-order valence-electron chi connectivity index (χ2n) is 3.76. The quantitative estimate of drug-likeness (QED) is 0.820. The molecular formula is C10H16N2O3S2. The minimum Gasteiger partial charge on any atom is -0.384 e. The summed E-state index contributed by atoms with van der Waals surface area (Å²) in [5.74, 6) is 0. The first-order valence-electron chi connectivity index (χ1n) is 4.99. The third kappa shape index (κ3) is 4.45. The molecule has 1 aromatic rings. The van der Waals surface area contributed by atoms with Crippen LogP contribution in [0.1, 0.15) is 6.92 Å². The van der Waals surface area contributed by atoms with E-state index in [1.807, 2.05) is 6.92 Å². The average molecular weight is 276 g/mol. The van der Waals surface area contributed by atoms with Gasteiger partial charge in [0.1, 0.15) is 0 Å². The SMILES string of the molecule is CC(CNc1ccc(S(N)(=O)=O)cc1)S(C)=O. The van der Waals surface area contributed by atoms with Gasteiger partial charge in [-0.25, -0.2) is 13.6 Å². The predicted octanol–water partition coefficient (Wildman–Crippen LogP) is 0.513. The van der Waals surface area contributed by atoms with Gasteiger partial charge in [0, 0.05) is 34.5 Å². The van der Waals surface area contributed by atoms with E-state index >= 15 is 0 Å². The molecule has 3 N–H and O–H groups in total. The summed E-state index contributed by atoms with van der Waals surface area (Å²) in [5.41, 5.74) is 0.773. The van der Waals surface area contributed by atoms with Crippen LogP contribution < -0.4 is 10.5 Å². The summed E-state index contributed by atoms with van der Waals surface area (Å²) < 4.78 is 33.2. The van der Waals surface area contributed by atoms with Gasteiger partial charge in [0.15, 0.2) is 0 Å². The third-order valence-electron chi connectivity index (χ3n) is 2.34. The molecule has 0 saturated heterocycles. The van der Waals surface area contributed by atoms with Crippen molar-refractivity contribution in [3.8, 4) is 0 Å². The van der Waals surface area contributed by atoms with Crippen LogP contribution in [-0.4, -0.2) is 30.7 Å². The van der Waals surface area contributed by atoms with Crippen molar-refractivity contribution in [3.63, 3.8) is 0 Å². The van der Waals surface area contributed by atoms with Crippen molar-refractivity contribution in [2.75, 3.05) is 18.1 Å². The van der Waals surface area contributed by atoms with Crippen molar-refractivity contribution in [1.82, 2.24) is 0 Å². The lowest BCUT2D eigenvalue weighted by Gasteiger charge is -2.11. The molecule has 5 nitrogen and oxygen atoms in total. The van der Waals surface area contributed by atoms with E-state index in [1.54, 1.807) is 18.4 Å². The van der Waals surface area contributed by atoms with Crippen LogP contribution in [0.5, 0.6) is 0 Å². The number of sulfonamides is 1. The Bertz CT molecular complexity index is 497. The number of nitrogens with one attached hydrogen (secondary N) is 1. The molecule has 17 heavy (non-hydrogen) atoms. The van der Waals surface area contributed by atoms with Crippen molar-refractivity contribution in [2.45, 2.75) is 17.1 Å². The molecule has 0 amide bonds. The molecule has 0 bridgehead atoms. The van der Waals surface area contributed by atoms with Crippen LogP contribution in [0.4, 0.5) is 5.69 Å². The fourth-order valence-electron chi connectivity index (χ4n) is 1.14. The van der Waals surface area contributed by atoms with Gasteiger partial charge >= 0.3 is 0 Å². The van der Waals surface area contributed by atoms with E-state index in [4.69, 9.17) is 5.14 Å². The Balaban J connectivity index is 2.67. The smallest absolute Gasteiger partial charge is 0.238 e. The van der Waals surface area contributed by atoms with Gasteiger partial charge in [0.25, 0.3) is 0 Å². The zero-order chi connectivity index (χ0) is 13.1. The number of hydrogen-bond donors (Lipinski definition) is 2. The third-order valence-corrected chi connectivity index (χ3v) is 4.57. The van der Waals surface area contributed by atoms with Crippen LogP contribution in [0, 0.1) is 0 Å². The Morgan fingerprint density at radius 2 is 1.88 bits per heavy atom. The number of hydrogen-bond acceptors (Lipinski definition) is 4. The summed E-state index contributed by atoms with van der Waals surface area (Å²) in [4.78, 5) is 0.0789. The van der Waals surface area contributed by atoms with Gasteiger partial charge in [-0.15, -0.1) is 0 Å². The van der Waals surface area contributed by atoms with Crippen LogP contribution >= 0.6 is 0 Å². The molecule has 1 aromatic carbocycles. The molecule has 2 atom stereocenters. The van der Waals surface area contributed by atoms with Crippen molar-refractivity contribution in [3.05, 3.63) is 24.3 Å². The highest BCUT2D eigenvalue weighted by Crippen LogP contribution is 2.12. The first-order valence-corrected chi connectivity index (χ1v) is 8.16. The standard InChI is InChI=1S/C10H16N2O3S2/c1-8(16(2)13)7-12-9-3-5-10(6-4-9)17(11,14)15/h3-6,8,12H,7H2,1-2H3,(H2,11,14,15). The summed E-state index contributed by atoms with van der Waals surface area (Å²) in [6.07, 6.45) is 1.65. The zero-order valence-corrected chi connectivity index (χ0v) is 11.3. The van der Waals surface area contributed by atoms with E-state index in [0.717, 1.165) is 5.69 Å². The highest BCUT2D eigenvalue weighted by molar-refractivity contribution is 7.89. The average Bonchev–Trinajstić information content (AvgIpc) is 2.25. The summed E-state index contributed by atoms with van der Waals surface area (Å²) >= 11 is 0. The van der Waals surface area contributed by atoms with Gasteiger partial charge < -0.3 is 5.32 Å². The highest BCUT2D eigenvalue weighted by Gasteiger charge is 2.08. The first kappa shape index (κ1) is 14.1. The molecule has 1 rings (SSSR count). The van der Waals surface area contributed by atoms with Crippen LogP contribution in [0.15, 0.2) is 29.2 Å². The molecular weight excluding hydrogens is 260 g/mol. The van der Waals surface area contributed by atoms with E-state index in [-0.39, 0.29) is 10.1 Å². The Hall–Kier alpha value is -0.920. The molecule has 0 saturated carbocycles. The molecule has 0 fully saturated rings. The van der Waals surface area contributed by atoms with Crippen LogP contribution in [0.25, 0.3) is 0 Å². The summed E-state index contributed by atoms with van der Waals surface area (Å²) in [6, 6.07) is 6.13. The Labute approximate surface area is 104 Å². The van der Waals surface area contributed by atoms with E-state index in [2.05, 4.69) is 5.32 Å². The zero-order valence-electron chi connectivity index (χ0n) is 9.71. The van der Waals surface area contributed by atoms with Gasteiger partial charge in [-0.05, 0) is 31.2 Å². The van der Waals surface area contributed by atoms with Crippen molar-refractivity contribution < 1.29 is 12.6 Å². The van der Waals surface area contributed by atoms with Crippen LogP contribution in [0.3, 0.4) is 0 Å². The molecule has 0 aliphatic rings. The van der Waals surface area contributed by atoms with Crippen molar-refractivity contribution in [2.24, 2.45) is 5.14 Å². The van der Waals surface area contributed by atoms with E-state index in [0.29, 0.717) is 6.54 Å². The topological polar surface area (TPSA) is 89.3 Å². The van der Waals surface area contributed by atoms with Crippen molar-refractivity contribution >= 4 is 26.5 Å². The first-order chi connectivity index (χ1) is 7.80. The molecule has 2 unspecified atom stereocenters. The predicted molar refractivity (Wildman–Crippen MR) is 69.8 cm³/mol. The Morgan fingerprint density at radius 3 is 2.29 bits per heavy atom. The van der Waals surface area contributed by atoms with Crippen LogP contribution in [-0.2, 0) is 20.8 Å². The minimum absolute atomic E-state index is 0.0351. The number of rotatable bonds is 5. The lowest BCUT2D eigenvalue weighted by molar-refractivity contribution is 0.598. The Morgan fingerprint density at radius 1 is 1.35 bits per heavy atom. The molecule has 96 valence electrons. The van der Waals surface area contributed by atoms with E-state index in [1.165, 1.54) is 12.1 Å². The Kier molecular flexibility index (Phi) is 4.67. The lowest BCUT2D eigenvalue weighted by Crippen LogP contribution is -2.20. The minimum atomic E-state index is -3.64. The maximum atomic E-state index is 11.1. The summed E-state index contributed by atoms with van der Waals surface area (Å²) in [7, 11) is -4.52. The van der Waals surface area contributed by atoms with Crippen molar-refractivity contribution in [1.29, 1.82) is 0 Å². The number of primary sulfonamides is 1. The van der Waals surface area contributed by atoms with Gasteiger partial charge in [-0.3, -0.25) is 4.21 Å². The summed E-state index contributed by atoms with van der Waals surface area (Å²) in [6.45, 7) is 2.44. The maximum Gasteiger partial charge on any atom is 0.238 e. The largest absolute Gasteiger partial charge is 0.384 e. The van der Waals surface area contributed by atoms with Gasteiger partial charge in [-0.1, -0.05) is 0 Å². The fourth-order valence-corrected chi connectivity index (χ4v) is 1.97. The second kappa shape index (κ2) is 5.61. The van der Waals surface area contributed by atoms with E-state index in [9.17, 15) is 12.6 Å². The molecule has 0 aliphatic heterocycles. The molecule has 0 aliphatic carbocycles. The van der Waals surface area contributed by atoms with Crippen LogP contribution in [0.2, 0.25) is 0 Å². The fraction of sp³-hybridized carbons (Fsp3) is 0.400. The normalized spacial score (nSPS) is 15.2. The summed E-state index contributed by atoms with van der Waals surface area (Å²) in [5, 5.41) is 8.09. The number of anilines is 1. The molecule has 0 spiro atoms. The second-order valence-corrected chi connectivity index (χ2v) is 7.12. The van der Waals surface area contributed by atoms with E-state index < -0.39 is 20.8 Å². The molecule has 0 heterocycles. The molecule has 0 aromatic heterocycles.